The van der Waals surface area contributed by atoms with E-state index in [1.165, 1.54) is 6.08 Å². The van der Waals surface area contributed by atoms with Crippen molar-refractivity contribution in [3.63, 3.8) is 0 Å². The van der Waals surface area contributed by atoms with Crippen molar-refractivity contribution in [1.82, 2.24) is 26.2 Å². The van der Waals surface area contributed by atoms with E-state index < -0.39 is 73.7 Å². The Hall–Kier alpha value is -2.96. The Morgan fingerprint density at radius 2 is 1.63 bits per heavy atom. The smallest absolute Gasteiger partial charge is 0.315 e. The van der Waals surface area contributed by atoms with Crippen LogP contribution in [-0.2, 0) is 29.0 Å². The monoisotopic (exact) mass is 703 g/mol. The Balaban J connectivity index is 1.35. The molecule has 2 aliphatic heterocycles. The number of nitrogens with one attached hydrogen (secondary N) is 4. The maximum absolute atomic E-state index is 14.5. The number of rotatable bonds is 12. The molecule has 5 fully saturated rings. The van der Waals surface area contributed by atoms with Crippen LogP contribution in [0.4, 0.5) is 4.79 Å². The molecule has 5 rings (SSSR count). The Morgan fingerprint density at radius 1 is 0.959 bits per heavy atom. The molecule has 2 saturated heterocycles. The fraction of sp³-hybridized carbons (Fsp3) is 0.806. The van der Waals surface area contributed by atoms with Gasteiger partial charge in [0, 0.05) is 13.1 Å². The highest BCUT2D eigenvalue weighted by atomic mass is 32.2. The highest BCUT2D eigenvalue weighted by Crippen LogP contribution is 2.65. The number of Topliss-reactive ketones (excluding diaryl/α,β-unsaturated/α-hetero) is 1. The number of urea groups is 1. The summed E-state index contributed by atoms with van der Waals surface area (Å²) in [6.45, 7) is 13.7. The lowest BCUT2D eigenvalue weighted by Crippen LogP contribution is -2.66. The van der Waals surface area contributed by atoms with E-state index in [1.54, 1.807) is 4.90 Å². The van der Waals surface area contributed by atoms with Gasteiger partial charge in [-0.2, -0.15) is 0 Å². The van der Waals surface area contributed by atoms with E-state index >= 15 is 0 Å². The molecule has 0 aromatic rings. The van der Waals surface area contributed by atoms with Crippen LogP contribution in [0.3, 0.4) is 0 Å². The number of amides is 5. The molecule has 0 aromatic heterocycles. The number of carbonyl (C=O) groups excluding carboxylic acids is 5. The van der Waals surface area contributed by atoms with Crippen LogP contribution < -0.4 is 21.3 Å². The predicted molar refractivity (Wildman–Crippen MR) is 186 cm³/mol. The van der Waals surface area contributed by atoms with E-state index in [2.05, 4.69) is 41.7 Å². The number of fused-ring (bicyclic) bond motifs is 1. The minimum atomic E-state index is -3.39. The van der Waals surface area contributed by atoms with Crippen molar-refractivity contribution in [3.8, 4) is 0 Å². The van der Waals surface area contributed by atoms with Crippen LogP contribution in [0.5, 0.6) is 0 Å². The minimum absolute atomic E-state index is 0.0668. The second-order valence-corrected chi connectivity index (χ2v) is 19.3. The lowest BCUT2D eigenvalue weighted by molar-refractivity contribution is -0.145. The molecule has 49 heavy (non-hydrogen) atoms. The summed E-state index contributed by atoms with van der Waals surface area (Å²) in [6, 6.07) is -3.47. The first-order chi connectivity index (χ1) is 22.9. The van der Waals surface area contributed by atoms with Crippen molar-refractivity contribution >= 4 is 39.4 Å². The number of nitrogens with zero attached hydrogens (tertiary/aromatic N) is 1. The van der Waals surface area contributed by atoms with E-state index in [0.29, 0.717) is 38.6 Å². The Morgan fingerprint density at radius 3 is 2.22 bits per heavy atom. The summed E-state index contributed by atoms with van der Waals surface area (Å²) in [4.78, 5) is 69.8. The molecule has 3 saturated carbocycles. The summed E-state index contributed by atoms with van der Waals surface area (Å²) in [5, 5.41) is 10.7. The Bertz CT molecular complexity index is 1440. The van der Waals surface area contributed by atoms with E-state index in [4.69, 9.17) is 0 Å². The van der Waals surface area contributed by atoms with Crippen LogP contribution >= 0.6 is 0 Å². The number of carbonyl (C=O) groups is 5. The third-order valence-corrected chi connectivity index (χ3v) is 14.4. The molecule has 0 radical (unpaired) electrons. The molecule has 3 unspecified atom stereocenters. The van der Waals surface area contributed by atoms with Crippen molar-refractivity contribution < 1.29 is 32.4 Å². The molecular formula is C36H57N5O7S. The normalized spacial score (nSPS) is 29.4. The molecule has 3 aliphatic carbocycles. The third-order valence-electron chi connectivity index (χ3n) is 12.0. The highest BCUT2D eigenvalue weighted by Gasteiger charge is 2.70. The number of hydrogen-bond donors (Lipinski definition) is 4. The average Bonchev–Trinajstić information content (AvgIpc) is 3.88. The van der Waals surface area contributed by atoms with Crippen LogP contribution in [0.2, 0.25) is 0 Å². The van der Waals surface area contributed by atoms with Crippen molar-refractivity contribution in [3.05, 3.63) is 12.7 Å². The average molecular weight is 704 g/mol. The quantitative estimate of drug-likeness (QED) is 0.179. The molecular weight excluding hydrogens is 646 g/mol. The van der Waals surface area contributed by atoms with Crippen molar-refractivity contribution in [2.24, 2.45) is 28.6 Å². The van der Waals surface area contributed by atoms with Gasteiger partial charge in [0.25, 0.3) is 5.91 Å². The summed E-state index contributed by atoms with van der Waals surface area (Å²) in [7, 11) is -3.39. The van der Waals surface area contributed by atoms with E-state index in [9.17, 15) is 32.4 Å². The molecule has 0 bridgehead atoms. The first-order valence-corrected chi connectivity index (χ1v) is 20.0. The number of likely N-dealkylation sites (tertiary alicyclic amines) is 1. The van der Waals surface area contributed by atoms with Gasteiger partial charge in [0.15, 0.2) is 9.84 Å². The third kappa shape index (κ3) is 7.86. The van der Waals surface area contributed by atoms with Crippen LogP contribution in [0.1, 0.15) is 105 Å². The van der Waals surface area contributed by atoms with Gasteiger partial charge in [-0.05, 0) is 60.7 Å². The van der Waals surface area contributed by atoms with Gasteiger partial charge < -0.3 is 26.2 Å². The maximum Gasteiger partial charge on any atom is 0.315 e. The fourth-order valence-electron chi connectivity index (χ4n) is 8.89. The van der Waals surface area contributed by atoms with Crippen LogP contribution in [0.25, 0.3) is 0 Å². The van der Waals surface area contributed by atoms with Gasteiger partial charge in [-0.3, -0.25) is 19.2 Å². The second-order valence-electron chi connectivity index (χ2n) is 17.0. The summed E-state index contributed by atoms with van der Waals surface area (Å²) >= 11 is 0. The molecule has 274 valence electrons. The highest BCUT2D eigenvalue weighted by molar-refractivity contribution is 7.92. The standard InChI is InChI=1S/C36H57N5O7S/c1-7-18-37-31(44)28(42)24(20-22-14-15-22)38-30(43)27-26-23(35(26,5)6)21-41(27)32(45)29(34(2,3)4)39-33(46)40-36(16-10-8-11-17-36)25-13-9-12-19-49(25,47)48/h7,22-27,29H,1,8-21H2,2-6H3,(H,37,44)(H,38,43)(H2,39,40,46)/t23?,24?,25-,26?,27+,29-/m1/s1. The molecule has 0 aromatic carbocycles. The minimum Gasteiger partial charge on any atom is -0.346 e. The molecule has 5 aliphatic rings. The van der Waals surface area contributed by atoms with Gasteiger partial charge in [0.2, 0.25) is 17.6 Å². The number of sulfone groups is 1. The van der Waals surface area contributed by atoms with Crippen molar-refractivity contribution in [2.45, 2.75) is 134 Å². The van der Waals surface area contributed by atoms with Crippen LogP contribution in [0, 0.1) is 28.6 Å². The predicted octanol–water partition coefficient (Wildman–Crippen LogP) is 3.01. The van der Waals surface area contributed by atoms with Crippen LogP contribution in [0.15, 0.2) is 12.7 Å². The van der Waals surface area contributed by atoms with Gasteiger partial charge >= 0.3 is 6.03 Å². The molecule has 5 amide bonds. The molecule has 12 nitrogen and oxygen atoms in total. The second kappa shape index (κ2) is 14.0. The SMILES string of the molecule is C=CCNC(=O)C(=O)C(CC1CC1)NC(=O)[C@@H]1C2C(CN1C(=O)[C@@H](NC(=O)NC1([C@H]3CCCCS3(=O)=O)CCCCC1)C(C)(C)C)C2(C)C. The zero-order chi connectivity index (χ0) is 35.9. The first-order valence-electron chi connectivity index (χ1n) is 18.3. The summed E-state index contributed by atoms with van der Waals surface area (Å²) in [5.74, 6) is -2.07. The largest absolute Gasteiger partial charge is 0.346 e. The molecule has 6 atom stereocenters. The molecule has 13 heteroatoms. The lowest BCUT2D eigenvalue weighted by Gasteiger charge is -2.45. The fourth-order valence-corrected chi connectivity index (χ4v) is 11.3. The number of piperidine rings is 1. The van der Waals surface area contributed by atoms with Crippen molar-refractivity contribution in [2.75, 3.05) is 18.8 Å². The molecule has 4 N–H and O–H groups in total. The molecule has 2 heterocycles. The Kier molecular flexibility index (Phi) is 10.6. The Labute approximate surface area is 291 Å². The zero-order valence-electron chi connectivity index (χ0n) is 29.9. The molecule has 0 spiro atoms. The summed E-state index contributed by atoms with van der Waals surface area (Å²) < 4.78 is 26.5. The van der Waals surface area contributed by atoms with Crippen molar-refractivity contribution in [1.29, 1.82) is 0 Å². The van der Waals surface area contributed by atoms with Crippen LogP contribution in [-0.4, -0.2) is 90.6 Å². The maximum atomic E-state index is 14.5. The summed E-state index contributed by atoms with van der Waals surface area (Å²) in [5.41, 5.74) is -1.84. The van der Waals surface area contributed by atoms with E-state index in [0.717, 1.165) is 38.5 Å². The van der Waals surface area contributed by atoms with E-state index in [-0.39, 0.29) is 35.5 Å². The summed E-state index contributed by atoms with van der Waals surface area (Å²) in [6.07, 6.45) is 9.36. The van der Waals surface area contributed by atoms with Gasteiger partial charge in [-0.1, -0.05) is 79.2 Å². The number of hydrogen-bond acceptors (Lipinski definition) is 7. The number of ketones is 1. The lowest BCUT2D eigenvalue weighted by atomic mass is 9.77. The zero-order valence-corrected chi connectivity index (χ0v) is 30.8. The van der Waals surface area contributed by atoms with Gasteiger partial charge in [0.05, 0.1) is 22.6 Å². The van der Waals surface area contributed by atoms with Gasteiger partial charge in [0.1, 0.15) is 12.1 Å². The van der Waals surface area contributed by atoms with E-state index in [1.807, 2.05) is 20.8 Å². The first kappa shape index (κ1) is 37.3. The van der Waals surface area contributed by atoms with Gasteiger partial charge in [-0.15, -0.1) is 6.58 Å². The topological polar surface area (TPSA) is 171 Å². The van der Waals surface area contributed by atoms with Gasteiger partial charge in [-0.25, -0.2) is 13.2 Å².